The van der Waals surface area contributed by atoms with E-state index in [4.69, 9.17) is 0 Å². The molecular formula is C15H29N. The van der Waals surface area contributed by atoms with Crippen molar-refractivity contribution in [2.24, 2.45) is 17.8 Å². The lowest BCUT2D eigenvalue weighted by molar-refractivity contribution is 0.0367. The molecule has 1 aliphatic heterocycles. The monoisotopic (exact) mass is 223 g/mol. The van der Waals surface area contributed by atoms with Gasteiger partial charge >= 0.3 is 0 Å². The largest absolute Gasteiger partial charge is 0.298 e. The second-order valence-electron chi connectivity index (χ2n) is 7.04. The molecule has 1 nitrogen and oxygen atoms in total. The first-order valence-electron chi connectivity index (χ1n) is 7.24. The quantitative estimate of drug-likeness (QED) is 0.698. The number of hydrogen-bond donors (Lipinski definition) is 0. The molecule has 16 heavy (non-hydrogen) atoms. The number of hydrogen-bond acceptors (Lipinski definition) is 1. The standard InChI is InChI=1S/C15H29N/c1-12(2)14-7-6-13(10-14)11-15(3,4)16-8-5-9-16/h12-14H,5-11H2,1-4H3. The Kier molecular flexibility index (Phi) is 3.63. The van der Waals surface area contributed by atoms with Gasteiger partial charge in [0.2, 0.25) is 0 Å². The maximum Gasteiger partial charge on any atom is 0.0155 e. The predicted molar refractivity (Wildman–Crippen MR) is 70.6 cm³/mol. The highest BCUT2D eigenvalue weighted by molar-refractivity contribution is 4.90. The molecule has 1 heteroatoms. The zero-order chi connectivity index (χ0) is 11.8. The van der Waals surface area contributed by atoms with Crippen LogP contribution in [0.25, 0.3) is 0 Å². The molecule has 0 amide bonds. The van der Waals surface area contributed by atoms with Gasteiger partial charge in [-0.15, -0.1) is 0 Å². The van der Waals surface area contributed by atoms with Crippen LogP contribution in [0.5, 0.6) is 0 Å². The van der Waals surface area contributed by atoms with E-state index in [0.29, 0.717) is 5.54 Å². The molecule has 2 unspecified atom stereocenters. The van der Waals surface area contributed by atoms with Crippen LogP contribution in [0.2, 0.25) is 0 Å². The minimum absolute atomic E-state index is 0.467. The molecule has 94 valence electrons. The van der Waals surface area contributed by atoms with Crippen molar-refractivity contribution in [1.82, 2.24) is 4.90 Å². The average Bonchev–Trinajstić information content (AvgIpc) is 2.46. The van der Waals surface area contributed by atoms with Gasteiger partial charge in [0.25, 0.3) is 0 Å². The fourth-order valence-corrected chi connectivity index (χ4v) is 3.66. The Morgan fingerprint density at radius 3 is 2.31 bits per heavy atom. The van der Waals surface area contributed by atoms with Crippen molar-refractivity contribution >= 4 is 0 Å². The summed E-state index contributed by atoms with van der Waals surface area (Å²) in [5.74, 6) is 2.91. The first-order chi connectivity index (χ1) is 7.49. The van der Waals surface area contributed by atoms with Crippen LogP contribution in [0, 0.1) is 17.8 Å². The van der Waals surface area contributed by atoms with Crippen LogP contribution in [0.15, 0.2) is 0 Å². The van der Waals surface area contributed by atoms with Crippen LogP contribution in [-0.4, -0.2) is 23.5 Å². The van der Waals surface area contributed by atoms with E-state index in [-0.39, 0.29) is 0 Å². The first kappa shape index (κ1) is 12.4. The van der Waals surface area contributed by atoms with Gasteiger partial charge in [-0.05, 0) is 70.4 Å². The second-order valence-corrected chi connectivity index (χ2v) is 7.04. The van der Waals surface area contributed by atoms with Gasteiger partial charge in [-0.25, -0.2) is 0 Å². The molecule has 2 rings (SSSR count). The molecule has 0 bridgehead atoms. The Morgan fingerprint density at radius 1 is 1.19 bits per heavy atom. The van der Waals surface area contributed by atoms with Crippen LogP contribution >= 0.6 is 0 Å². The predicted octanol–water partition coefficient (Wildman–Crippen LogP) is 3.93. The Labute approximate surface area is 102 Å². The number of rotatable bonds is 4. The van der Waals surface area contributed by atoms with Crippen molar-refractivity contribution < 1.29 is 0 Å². The Morgan fingerprint density at radius 2 is 1.88 bits per heavy atom. The molecule has 0 spiro atoms. The fraction of sp³-hybridized carbons (Fsp3) is 1.00. The van der Waals surface area contributed by atoms with E-state index in [2.05, 4.69) is 32.6 Å². The SMILES string of the molecule is CC(C)C1CCC(CC(C)(C)N2CCC2)C1. The molecule has 1 aliphatic carbocycles. The molecule has 2 fully saturated rings. The van der Waals surface area contributed by atoms with E-state index in [1.165, 1.54) is 45.2 Å². The number of nitrogens with zero attached hydrogens (tertiary/aromatic N) is 1. The highest BCUT2D eigenvalue weighted by Crippen LogP contribution is 2.41. The van der Waals surface area contributed by atoms with Gasteiger partial charge in [0.05, 0.1) is 0 Å². The van der Waals surface area contributed by atoms with Crippen molar-refractivity contribution in [2.45, 2.75) is 65.3 Å². The van der Waals surface area contributed by atoms with Gasteiger partial charge in [0.1, 0.15) is 0 Å². The molecule has 0 radical (unpaired) electrons. The summed E-state index contributed by atoms with van der Waals surface area (Å²) >= 11 is 0. The smallest absolute Gasteiger partial charge is 0.0155 e. The van der Waals surface area contributed by atoms with Crippen LogP contribution in [0.1, 0.15) is 59.8 Å². The molecule has 0 aromatic rings. The topological polar surface area (TPSA) is 3.24 Å². The number of likely N-dealkylation sites (tertiary alicyclic amines) is 1. The molecule has 1 saturated carbocycles. The Balaban J connectivity index is 1.81. The molecule has 0 aromatic carbocycles. The summed E-state index contributed by atoms with van der Waals surface area (Å²) in [7, 11) is 0. The molecule has 1 saturated heterocycles. The van der Waals surface area contributed by atoms with E-state index in [1.54, 1.807) is 0 Å². The summed E-state index contributed by atoms with van der Waals surface area (Å²) in [6.07, 6.45) is 7.31. The third kappa shape index (κ3) is 2.61. The zero-order valence-corrected chi connectivity index (χ0v) is 11.6. The van der Waals surface area contributed by atoms with Crippen LogP contribution in [0.3, 0.4) is 0 Å². The summed E-state index contributed by atoms with van der Waals surface area (Å²) in [6.45, 7) is 12.4. The summed E-state index contributed by atoms with van der Waals surface area (Å²) in [6, 6.07) is 0. The lowest BCUT2D eigenvalue weighted by Crippen LogP contribution is -2.52. The lowest BCUT2D eigenvalue weighted by Gasteiger charge is -2.46. The van der Waals surface area contributed by atoms with E-state index >= 15 is 0 Å². The molecule has 1 heterocycles. The van der Waals surface area contributed by atoms with Gasteiger partial charge < -0.3 is 0 Å². The van der Waals surface area contributed by atoms with E-state index in [0.717, 1.165) is 17.8 Å². The van der Waals surface area contributed by atoms with Crippen LogP contribution in [0.4, 0.5) is 0 Å². The Bertz CT molecular complexity index is 228. The zero-order valence-electron chi connectivity index (χ0n) is 11.6. The molecule has 2 atom stereocenters. The van der Waals surface area contributed by atoms with Crippen molar-refractivity contribution in [3.63, 3.8) is 0 Å². The summed E-state index contributed by atoms with van der Waals surface area (Å²) in [5, 5.41) is 0. The van der Waals surface area contributed by atoms with Crippen LogP contribution in [-0.2, 0) is 0 Å². The third-order valence-electron chi connectivity index (χ3n) is 5.02. The van der Waals surface area contributed by atoms with E-state index < -0.39 is 0 Å². The van der Waals surface area contributed by atoms with E-state index in [1.807, 2.05) is 0 Å². The average molecular weight is 223 g/mol. The minimum atomic E-state index is 0.467. The maximum atomic E-state index is 2.68. The minimum Gasteiger partial charge on any atom is -0.298 e. The Hall–Kier alpha value is -0.0400. The van der Waals surface area contributed by atoms with Gasteiger partial charge in [0.15, 0.2) is 0 Å². The van der Waals surface area contributed by atoms with Crippen molar-refractivity contribution in [2.75, 3.05) is 13.1 Å². The molecule has 0 aromatic heterocycles. The first-order valence-corrected chi connectivity index (χ1v) is 7.24. The van der Waals surface area contributed by atoms with Crippen molar-refractivity contribution in [3.05, 3.63) is 0 Å². The maximum absolute atomic E-state index is 2.68. The van der Waals surface area contributed by atoms with Crippen molar-refractivity contribution in [3.8, 4) is 0 Å². The molecule has 2 aliphatic rings. The summed E-state index contributed by atoms with van der Waals surface area (Å²) < 4.78 is 0. The summed E-state index contributed by atoms with van der Waals surface area (Å²) in [4.78, 5) is 2.68. The normalized spacial score (nSPS) is 32.1. The highest BCUT2D eigenvalue weighted by atomic mass is 15.2. The highest BCUT2D eigenvalue weighted by Gasteiger charge is 2.36. The van der Waals surface area contributed by atoms with Gasteiger partial charge in [-0.2, -0.15) is 0 Å². The summed E-state index contributed by atoms with van der Waals surface area (Å²) in [5.41, 5.74) is 0.467. The third-order valence-corrected chi connectivity index (χ3v) is 5.02. The fourth-order valence-electron chi connectivity index (χ4n) is 3.66. The molecular weight excluding hydrogens is 194 g/mol. The van der Waals surface area contributed by atoms with Crippen LogP contribution < -0.4 is 0 Å². The van der Waals surface area contributed by atoms with Gasteiger partial charge in [-0.3, -0.25) is 4.90 Å². The molecule has 0 N–H and O–H groups in total. The van der Waals surface area contributed by atoms with E-state index in [9.17, 15) is 0 Å². The lowest BCUT2D eigenvalue weighted by atomic mass is 9.84. The second kappa shape index (κ2) is 4.68. The van der Waals surface area contributed by atoms with Crippen molar-refractivity contribution in [1.29, 1.82) is 0 Å². The van der Waals surface area contributed by atoms with Gasteiger partial charge in [0, 0.05) is 5.54 Å². The van der Waals surface area contributed by atoms with Gasteiger partial charge in [-0.1, -0.05) is 20.3 Å².